The smallest absolute Gasteiger partial charge is 0.270 e. The van der Waals surface area contributed by atoms with Crippen LogP contribution in [0.5, 0.6) is 11.5 Å². The Kier molecular flexibility index (Phi) is 5.69. The van der Waals surface area contributed by atoms with Crippen molar-refractivity contribution >= 4 is 80.8 Å². The zero-order valence-electron chi connectivity index (χ0n) is 13.1. The van der Waals surface area contributed by atoms with Crippen LogP contribution in [0.4, 0.5) is 5.69 Å². The number of ether oxygens (including phenoxy) is 1. The molecular formula is C17H10Cl3NO3S2. The van der Waals surface area contributed by atoms with Gasteiger partial charge in [-0.1, -0.05) is 58.8 Å². The van der Waals surface area contributed by atoms with Crippen LogP contribution in [0.2, 0.25) is 15.1 Å². The molecule has 0 aromatic heterocycles. The van der Waals surface area contributed by atoms with Crippen molar-refractivity contribution < 1.29 is 14.6 Å². The van der Waals surface area contributed by atoms with Gasteiger partial charge < -0.3 is 9.84 Å². The van der Waals surface area contributed by atoms with E-state index < -0.39 is 0 Å². The van der Waals surface area contributed by atoms with Crippen molar-refractivity contribution in [3.8, 4) is 11.5 Å². The van der Waals surface area contributed by atoms with E-state index in [1.807, 2.05) is 0 Å². The summed E-state index contributed by atoms with van der Waals surface area (Å²) in [6.07, 6.45) is 1.61. The van der Waals surface area contributed by atoms with Crippen LogP contribution in [-0.4, -0.2) is 22.4 Å². The number of hydrogen-bond acceptors (Lipinski definition) is 5. The van der Waals surface area contributed by atoms with Gasteiger partial charge in [-0.25, -0.2) is 0 Å². The summed E-state index contributed by atoms with van der Waals surface area (Å²) in [6, 6.07) is 8.01. The van der Waals surface area contributed by atoms with Gasteiger partial charge in [-0.05, 0) is 42.0 Å². The number of carbonyl (C=O) groups excluding carboxylic acids is 1. The Morgan fingerprint density at radius 2 is 1.81 bits per heavy atom. The molecule has 0 atom stereocenters. The van der Waals surface area contributed by atoms with E-state index in [1.165, 1.54) is 24.1 Å². The van der Waals surface area contributed by atoms with Crippen LogP contribution >= 0.6 is 58.8 Å². The van der Waals surface area contributed by atoms with Gasteiger partial charge in [0.1, 0.15) is 5.75 Å². The molecule has 1 aliphatic heterocycles. The topological polar surface area (TPSA) is 49.8 Å². The van der Waals surface area contributed by atoms with Crippen LogP contribution < -0.4 is 9.64 Å². The summed E-state index contributed by atoms with van der Waals surface area (Å²) in [4.78, 5) is 14.6. The minimum Gasteiger partial charge on any atom is -0.505 e. The molecule has 0 unspecified atom stereocenters. The monoisotopic (exact) mass is 445 g/mol. The van der Waals surface area contributed by atoms with Crippen LogP contribution in [0.1, 0.15) is 5.56 Å². The molecule has 0 radical (unpaired) electrons. The Hall–Kier alpha value is -1.44. The molecule has 1 amide bonds. The van der Waals surface area contributed by atoms with E-state index in [-0.39, 0.29) is 21.7 Å². The standard InChI is InChI=1S/C17H10Cl3NO3S2/c1-24-13-3-2-9(7-10(13)18)21-16(23)14(26-17(21)25)6-8-4-11(19)15(22)12(20)5-8/h2-7,22H,1H3/b14-6-. The maximum atomic E-state index is 12.8. The Bertz CT molecular complexity index is 939. The first kappa shape index (κ1) is 19.3. The number of thioether (sulfide) groups is 1. The fourth-order valence-corrected chi connectivity index (χ4v) is 4.36. The minimum atomic E-state index is -0.290. The minimum absolute atomic E-state index is 0.0983. The van der Waals surface area contributed by atoms with Gasteiger partial charge in [0, 0.05) is 0 Å². The van der Waals surface area contributed by atoms with Crippen molar-refractivity contribution in [2.45, 2.75) is 0 Å². The quantitative estimate of drug-likeness (QED) is 0.479. The molecular weight excluding hydrogens is 437 g/mol. The number of amides is 1. The number of benzene rings is 2. The number of anilines is 1. The van der Waals surface area contributed by atoms with Crippen LogP contribution in [0.15, 0.2) is 35.2 Å². The summed E-state index contributed by atoms with van der Waals surface area (Å²) in [5, 5.41) is 10.2. The van der Waals surface area contributed by atoms with Crippen LogP contribution in [0, 0.1) is 0 Å². The van der Waals surface area contributed by atoms with Gasteiger partial charge in [0.05, 0.1) is 32.8 Å². The number of halogens is 3. The van der Waals surface area contributed by atoms with Crippen LogP contribution in [-0.2, 0) is 4.79 Å². The highest BCUT2D eigenvalue weighted by molar-refractivity contribution is 8.27. The lowest BCUT2D eigenvalue weighted by Crippen LogP contribution is -2.27. The number of carbonyl (C=O) groups is 1. The van der Waals surface area contributed by atoms with Crippen LogP contribution in [0.3, 0.4) is 0 Å². The lowest BCUT2D eigenvalue weighted by molar-refractivity contribution is -0.113. The highest BCUT2D eigenvalue weighted by Gasteiger charge is 2.33. The van der Waals surface area contributed by atoms with E-state index in [4.69, 9.17) is 51.8 Å². The molecule has 1 N–H and O–H groups in total. The van der Waals surface area contributed by atoms with E-state index in [0.717, 1.165) is 11.8 Å². The van der Waals surface area contributed by atoms with Gasteiger partial charge in [-0.3, -0.25) is 9.69 Å². The third kappa shape index (κ3) is 3.66. The first-order valence-electron chi connectivity index (χ1n) is 7.11. The van der Waals surface area contributed by atoms with Gasteiger partial charge in [0.25, 0.3) is 5.91 Å². The summed E-state index contributed by atoms with van der Waals surface area (Å²) in [7, 11) is 1.51. The average Bonchev–Trinajstić information content (AvgIpc) is 2.86. The second kappa shape index (κ2) is 7.66. The highest BCUT2D eigenvalue weighted by Crippen LogP contribution is 2.39. The molecule has 4 nitrogen and oxygen atoms in total. The number of hydrogen-bond donors (Lipinski definition) is 1. The predicted octanol–water partition coefficient (Wildman–Crippen LogP) is 5.77. The van der Waals surface area contributed by atoms with Crippen LogP contribution in [0.25, 0.3) is 6.08 Å². The highest BCUT2D eigenvalue weighted by atomic mass is 35.5. The molecule has 1 aliphatic rings. The summed E-state index contributed by atoms with van der Waals surface area (Å²) in [5.41, 5.74) is 1.12. The molecule has 3 rings (SSSR count). The Morgan fingerprint density at radius 3 is 2.38 bits per heavy atom. The molecule has 0 saturated carbocycles. The fraction of sp³-hybridized carbons (Fsp3) is 0.0588. The Labute approximate surface area is 174 Å². The molecule has 2 aromatic carbocycles. The molecule has 2 aromatic rings. The maximum absolute atomic E-state index is 12.8. The summed E-state index contributed by atoms with van der Waals surface area (Å²) >= 11 is 24.5. The van der Waals surface area contributed by atoms with Crippen molar-refractivity contribution in [1.29, 1.82) is 0 Å². The third-order valence-electron chi connectivity index (χ3n) is 3.52. The number of phenols is 1. The van der Waals surface area contributed by atoms with Crippen molar-refractivity contribution in [3.63, 3.8) is 0 Å². The van der Waals surface area contributed by atoms with Gasteiger partial charge in [0.15, 0.2) is 10.1 Å². The molecule has 1 saturated heterocycles. The normalized spacial score (nSPS) is 15.8. The molecule has 0 spiro atoms. The second-order valence-electron chi connectivity index (χ2n) is 5.17. The third-order valence-corrected chi connectivity index (χ3v) is 5.70. The average molecular weight is 447 g/mol. The first-order chi connectivity index (χ1) is 12.3. The van der Waals surface area contributed by atoms with Crippen molar-refractivity contribution in [1.82, 2.24) is 0 Å². The zero-order valence-corrected chi connectivity index (χ0v) is 17.0. The number of thiocarbonyl (C=S) groups is 1. The lowest BCUT2D eigenvalue weighted by Gasteiger charge is -2.15. The molecule has 26 heavy (non-hydrogen) atoms. The number of nitrogens with zero attached hydrogens (tertiary/aromatic N) is 1. The molecule has 1 fully saturated rings. The molecule has 0 bridgehead atoms. The summed E-state index contributed by atoms with van der Waals surface area (Å²) < 4.78 is 5.49. The van der Waals surface area contributed by atoms with Crippen molar-refractivity contribution in [3.05, 3.63) is 55.9 Å². The van der Waals surface area contributed by atoms with Gasteiger partial charge in [0.2, 0.25) is 0 Å². The Morgan fingerprint density at radius 1 is 1.15 bits per heavy atom. The van der Waals surface area contributed by atoms with Gasteiger partial charge >= 0.3 is 0 Å². The molecule has 0 aliphatic carbocycles. The largest absolute Gasteiger partial charge is 0.505 e. The maximum Gasteiger partial charge on any atom is 0.270 e. The number of methoxy groups -OCH3 is 1. The van der Waals surface area contributed by atoms with Gasteiger partial charge in [-0.2, -0.15) is 0 Å². The molecule has 1 heterocycles. The first-order valence-corrected chi connectivity index (χ1v) is 9.47. The van der Waals surface area contributed by atoms with Crippen molar-refractivity contribution in [2.75, 3.05) is 12.0 Å². The SMILES string of the molecule is COc1ccc(N2C(=O)/C(=C/c3cc(Cl)c(O)c(Cl)c3)SC2=S)cc1Cl. The predicted molar refractivity (Wildman–Crippen MR) is 112 cm³/mol. The van der Waals surface area contributed by atoms with E-state index in [9.17, 15) is 9.90 Å². The van der Waals surface area contributed by atoms with E-state index in [0.29, 0.717) is 31.2 Å². The van der Waals surface area contributed by atoms with Gasteiger partial charge in [-0.15, -0.1) is 0 Å². The Balaban J connectivity index is 1.95. The zero-order chi connectivity index (χ0) is 19.0. The molecule has 134 valence electrons. The summed E-state index contributed by atoms with van der Waals surface area (Å²) in [6.45, 7) is 0. The fourth-order valence-electron chi connectivity index (χ4n) is 2.30. The van der Waals surface area contributed by atoms with E-state index in [2.05, 4.69) is 0 Å². The number of rotatable bonds is 3. The summed E-state index contributed by atoms with van der Waals surface area (Å²) in [5.74, 6) is 0.0113. The van der Waals surface area contributed by atoms with Crippen molar-refractivity contribution in [2.24, 2.45) is 0 Å². The lowest BCUT2D eigenvalue weighted by atomic mass is 10.2. The van der Waals surface area contributed by atoms with E-state index in [1.54, 1.807) is 24.3 Å². The number of phenolic OH excluding ortho intramolecular Hbond substituents is 1. The van der Waals surface area contributed by atoms with E-state index >= 15 is 0 Å². The molecule has 9 heteroatoms. The second-order valence-corrected chi connectivity index (χ2v) is 8.07. The number of aromatic hydroxyl groups is 1.